The molecule has 0 radical (unpaired) electrons. The largest absolute Gasteiger partial charge is 0.504 e. The first kappa shape index (κ1) is 27.8. The Labute approximate surface area is 239 Å². The number of phenols is 1. The first-order chi connectivity index (χ1) is 19.9. The van der Waals surface area contributed by atoms with Gasteiger partial charge in [-0.25, -0.2) is 4.79 Å². The van der Waals surface area contributed by atoms with Gasteiger partial charge in [-0.2, -0.15) is 0 Å². The average Bonchev–Trinajstić information content (AvgIpc) is 2.99. The number of allylic oxidation sites excluding steroid dienone is 3. The summed E-state index contributed by atoms with van der Waals surface area (Å²) in [5.41, 5.74) is 3.95. The zero-order valence-corrected chi connectivity index (χ0v) is 23.3. The summed E-state index contributed by atoms with van der Waals surface area (Å²) in [6.45, 7) is 2.03. The number of nitrogens with one attached hydrogen (secondary N) is 1. The molecule has 41 heavy (non-hydrogen) atoms. The van der Waals surface area contributed by atoms with E-state index >= 15 is 0 Å². The van der Waals surface area contributed by atoms with Crippen LogP contribution in [0.25, 0.3) is 0 Å². The SMILES string of the molecule is COc1ccc([C@@H]2CC(=O)C3=C(C2)NC(C)=C(C(=O)OCCOc2ccccc2)[C@H]3c2ccc(O)c(OC)c2)cc1. The van der Waals surface area contributed by atoms with Crippen LogP contribution in [0, 0.1) is 0 Å². The molecule has 0 spiro atoms. The van der Waals surface area contributed by atoms with Gasteiger partial charge in [-0.05, 0) is 66.8 Å². The van der Waals surface area contributed by atoms with Crippen LogP contribution in [0.4, 0.5) is 0 Å². The minimum absolute atomic E-state index is 0.0221. The number of ether oxygens (including phenoxy) is 4. The predicted octanol–water partition coefficient (Wildman–Crippen LogP) is 5.39. The summed E-state index contributed by atoms with van der Waals surface area (Å²) >= 11 is 0. The van der Waals surface area contributed by atoms with Gasteiger partial charge in [-0.1, -0.05) is 36.4 Å². The van der Waals surface area contributed by atoms with E-state index in [0.717, 1.165) is 17.0 Å². The fourth-order valence-electron chi connectivity index (χ4n) is 5.52. The number of ketones is 1. The van der Waals surface area contributed by atoms with E-state index in [2.05, 4.69) is 5.32 Å². The van der Waals surface area contributed by atoms with E-state index in [-0.39, 0.29) is 36.4 Å². The summed E-state index contributed by atoms with van der Waals surface area (Å²) < 4.78 is 22.0. The van der Waals surface area contributed by atoms with Gasteiger partial charge in [0.05, 0.1) is 19.8 Å². The average molecular weight is 556 g/mol. The lowest BCUT2D eigenvalue weighted by Crippen LogP contribution is -2.36. The molecule has 1 aliphatic heterocycles. The van der Waals surface area contributed by atoms with Gasteiger partial charge in [0.25, 0.3) is 0 Å². The molecule has 0 amide bonds. The Morgan fingerprint density at radius 3 is 2.34 bits per heavy atom. The van der Waals surface area contributed by atoms with Crippen LogP contribution in [0.15, 0.2) is 95.3 Å². The number of phenolic OH excluding ortho intramolecular Hbond substituents is 1. The third-order valence-electron chi connectivity index (χ3n) is 7.50. The summed E-state index contributed by atoms with van der Waals surface area (Å²) in [5.74, 6) is 0.354. The van der Waals surface area contributed by atoms with E-state index in [1.165, 1.54) is 13.2 Å². The molecule has 8 nitrogen and oxygen atoms in total. The standard InChI is InChI=1S/C33H33NO7/c1-20-30(33(37)41-16-15-40-25-7-5-4-6-8-25)31(22-11-14-27(35)29(19-22)39-3)32-26(34-20)17-23(18-28(32)36)21-9-12-24(38-2)13-10-21/h4-14,19,23,31,34-35H,15-18H2,1-3H3/t23-,31+/m0/s1. The van der Waals surface area contributed by atoms with Crippen molar-refractivity contribution in [3.05, 3.63) is 106 Å². The van der Waals surface area contributed by atoms with Gasteiger partial charge in [-0.3, -0.25) is 4.79 Å². The molecule has 3 aromatic carbocycles. The van der Waals surface area contributed by atoms with Gasteiger partial charge in [-0.15, -0.1) is 0 Å². The highest BCUT2D eigenvalue weighted by Gasteiger charge is 2.41. The minimum Gasteiger partial charge on any atom is -0.504 e. The van der Waals surface area contributed by atoms with Crippen molar-refractivity contribution in [3.63, 3.8) is 0 Å². The van der Waals surface area contributed by atoms with Crippen molar-refractivity contribution in [2.24, 2.45) is 0 Å². The topological polar surface area (TPSA) is 103 Å². The number of carbonyl (C=O) groups is 2. The Kier molecular flexibility index (Phi) is 8.29. The van der Waals surface area contributed by atoms with Crippen molar-refractivity contribution < 1.29 is 33.6 Å². The summed E-state index contributed by atoms with van der Waals surface area (Å²) in [4.78, 5) is 27.4. The minimum atomic E-state index is -0.687. The second-order valence-electron chi connectivity index (χ2n) is 10.0. The fraction of sp³-hybridized carbons (Fsp3) is 0.273. The first-order valence-electron chi connectivity index (χ1n) is 13.5. The summed E-state index contributed by atoms with van der Waals surface area (Å²) in [7, 11) is 3.08. The third-order valence-corrected chi connectivity index (χ3v) is 7.50. The zero-order valence-electron chi connectivity index (χ0n) is 23.3. The van der Waals surface area contributed by atoms with Gasteiger partial charge in [0.1, 0.15) is 24.7 Å². The molecule has 5 rings (SSSR count). The Morgan fingerprint density at radius 2 is 1.63 bits per heavy atom. The van der Waals surface area contributed by atoms with Crippen LogP contribution in [-0.4, -0.2) is 44.3 Å². The number of carbonyl (C=O) groups excluding carboxylic acids is 2. The van der Waals surface area contributed by atoms with Gasteiger partial charge in [0, 0.05) is 29.3 Å². The second kappa shape index (κ2) is 12.2. The van der Waals surface area contributed by atoms with Crippen LogP contribution in [-0.2, 0) is 14.3 Å². The highest BCUT2D eigenvalue weighted by atomic mass is 16.6. The Morgan fingerprint density at radius 1 is 0.902 bits per heavy atom. The molecule has 2 aliphatic rings. The molecular formula is C33H33NO7. The summed E-state index contributed by atoms with van der Waals surface area (Å²) in [6.07, 6.45) is 0.897. The number of rotatable bonds is 9. The zero-order chi connectivity index (χ0) is 28.9. The van der Waals surface area contributed by atoms with Crippen molar-refractivity contribution >= 4 is 11.8 Å². The molecule has 8 heteroatoms. The molecule has 2 N–H and O–H groups in total. The van der Waals surface area contributed by atoms with Gasteiger partial charge in [0.15, 0.2) is 17.3 Å². The quantitative estimate of drug-likeness (QED) is 0.268. The number of Topliss-reactive ketones (excluding diaryl/α,β-unsaturated/α-hetero) is 1. The van der Waals surface area contributed by atoms with E-state index < -0.39 is 11.9 Å². The lowest BCUT2D eigenvalue weighted by atomic mass is 9.71. The van der Waals surface area contributed by atoms with Gasteiger partial charge < -0.3 is 29.4 Å². The van der Waals surface area contributed by atoms with E-state index in [4.69, 9.17) is 18.9 Å². The molecule has 0 saturated heterocycles. The van der Waals surface area contributed by atoms with Gasteiger partial charge in [0.2, 0.25) is 0 Å². The van der Waals surface area contributed by atoms with Gasteiger partial charge >= 0.3 is 5.97 Å². The van der Waals surface area contributed by atoms with Crippen molar-refractivity contribution in [2.45, 2.75) is 31.6 Å². The maximum Gasteiger partial charge on any atom is 0.336 e. The highest BCUT2D eigenvalue weighted by Crippen LogP contribution is 2.47. The van der Waals surface area contributed by atoms with Crippen LogP contribution in [0.3, 0.4) is 0 Å². The molecule has 3 aromatic rings. The lowest BCUT2D eigenvalue weighted by Gasteiger charge is -2.36. The molecule has 1 aliphatic carbocycles. The monoisotopic (exact) mass is 555 g/mol. The van der Waals surface area contributed by atoms with Crippen LogP contribution in [0.1, 0.15) is 42.7 Å². The molecule has 0 saturated carbocycles. The highest BCUT2D eigenvalue weighted by molar-refractivity contribution is 6.04. The number of methoxy groups -OCH3 is 2. The molecular weight excluding hydrogens is 522 g/mol. The Bertz CT molecular complexity index is 1490. The van der Waals surface area contributed by atoms with E-state index in [0.29, 0.717) is 41.0 Å². The molecule has 0 fully saturated rings. The van der Waals surface area contributed by atoms with E-state index in [1.807, 2.05) is 61.5 Å². The maximum absolute atomic E-state index is 13.8. The van der Waals surface area contributed by atoms with Crippen LogP contribution in [0.2, 0.25) is 0 Å². The molecule has 1 heterocycles. The smallest absolute Gasteiger partial charge is 0.336 e. The first-order valence-corrected chi connectivity index (χ1v) is 13.5. The normalized spacial score (nSPS) is 18.4. The number of esters is 1. The van der Waals surface area contributed by atoms with Crippen molar-refractivity contribution in [3.8, 4) is 23.0 Å². The van der Waals surface area contributed by atoms with Crippen LogP contribution < -0.4 is 19.5 Å². The summed E-state index contributed by atoms with van der Waals surface area (Å²) in [6, 6.07) is 21.9. The Hall–Kier alpha value is -4.72. The molecule has 0 bridgehead atoms. The number of hydrogen-bond acceptors (Lipinski definition) is 8. The van der Waals surface area contributed by atoms with Crippen LogP contribution in [0.5, 0.6) is 23.0 Å². The number of benzene rings is 3. The van der Waals surface area contributed by atoms with E-state index in [9.17, 15) is 14.7 Å². The number of aromatic hydroxyl groups is 1. The summed E-state index contributed by atoms with van der Waals surface area (Å²) in [5, 5.41) is 13.6. The van der Waals surface area contributed by atoms with Crippen molar-refractivity contribution in [1.82, 2.24) is 5.32 Å². The lowest BCUT2D eigenvalue weighted by molar-refractivity contribution is -0.140. The molecule has 0 aromatic heterocycles. The number of para-hydroxylation sites is 1. The fourth-order valence-corrected chi connectivity index (χ4v) is 5.52. The number of hydrogen-bond donors (Lipinski definition) is 2. The second-order valence-corrected chi connectivity index (χ2v) is 10.0. The third kappa shape index (κ3) is 5.91. The maximum atomic E-state index is 13.8. The molecule has 212 valence electrons. The Balaban J connectivity index is 1.44. The van der Waals surface area contributed by atoms with Crippen molar-refractivity contribution in [1.29, 1.82) is 0 Å². The van der Waals surface area contributed by atoms with Crippen LogP contribution >= 0.6 is 0 Å². The number of dihydropyridines is 1. The molecule has 0 unspecified atom stereocenters. The predicted molar refractivity (Wildman–Crippen MR) is 153 cm³/mol. The van der Waals surface area contributed by atoms with E-state index in [1.54, 1.807) is 19.2 Å². The van der Waals surface area contributed by atoms with Crippen molar-refractivity contribution in [2.75, 3.05) is 27.4 Å². The molecule has 2 atom stereocenters.